The quantitative estimate of drug-likeness (QED) is 0.693. The van der Waals surface area contributed by atoms with E-state index in [9.17, 15) is 19.2 Å². The highest BCUT2D eigenvalue weighted by Gasteiger charge is 2.53. The van der Waals surface area contributed by atoms with Gasteiger partial charge in [0.05, 0.1) is 4.87 Å². The fourth-order valence-electron chi connectivity index (χ4n) is 3.43. The Kier molecular flexibility index (Phi) is 5.93. The molecule has 2 heterocycles. The van der Waals surface area contributed by atoms with Crippen molar-refractivity contribution in [3.63, 3.8) is 0 Å². The summed E-state index contributed by atoms with van der Waals surface area (Å²) in [4.78, 5) is 49.7. The Morgan fingerprint density at radius 3 is 2.89 bits per heavy atom. The number of hydrogen-bond donors (Lipinski definition) is 2. The fraction of sp³-hybridized carbons (Fsp3) is 0.474. The molecule has 2 aliphatic rings. The molecule has 0 radical (unpaired) electrons. The van der Waals surface area contributed by atoms with E-state index in [4.69, 9.17) is 4.74 Å². The summed E-state index contributed by atoms with van der Waals surface area (Å²) in [6.45, 7) is 3.82. The Hall–Kier alpha value is -2.55. The van der Waals surface area contributed by atoms with E-state index in [-0.39, 0.29) is 16.7 Å². The Morgan fingerprint density at radius 2 is 2.14 bits per heavy atom. The largest absolute Gasteiger partial charge is 0.454 e. The van der Waals surface area contributed by atoms with Gasteiger partial charge in [-0.05, 0) is 38.5 Å². The minimum absolute atomic E-state index is 0.0546. The maximum absolute atomic E-state index is 12.4. The third-order valence-corrected chi connectivity index (χ3v) is 6.31. The molecule has 2 N–H and O–H groups in total. The van der Waals surface area contributed by atoms with Gasteiger partial charge in [0.15, 0.2) is 6.61 Å². The lowest BCUT2D eigenvalue weighted by atomic mass is 10.2. The maximum Gasteiger partial charge on any atom is 0.330 e. The van der Waals surface area contributed by atoms with Gasteiger partial charge >= 0.3 is 5.97 Å². The van der Waals surface area contributed by atoms with E-state index in [1.54, 1.807) is 40.9 Å². The van der Waals surface area contributed by atoms with Gasteiger partial charge in [0.25, 0.3) is 11.8 Å². The topological polar surface area (TPSA) is 105 Å². The molecule has 2 atom stereocenters. The number of nitrogens with zero attached hydrogens (tertiary/aromatic N) is 1. The molecule has 8 nitrogen and oxygen atoms in total. The normalized spacial score (nSPS) is 23.3. The summed E-state index contributed by atoms with van der Waals surface area (Å²) >= 11 is 1.57. The first-order chi connectivity index (χ1) is 13.3. The molecular weight excluding hydrogens is 382 g/mol. The number of amides is 3. The first-order valence-electron chi connectivity index (χ1n) is 9.15. The van der Waals surface area contributed by atoms with E-state index >= 15 is 0 Å². The van der Waals surface area contributed by atoms with E-state index in [0.717, 1.165) is 0 Å². The SMILES string of the molecule is CCNC(=O)c1cccc(NC(=O)COC(=O)[C@H]2CS[C@@]3(C)CCC(=O)N23)c1. The number of thioether (sulfide) groups is 1. The summed E-state index contributed by atoms with van der Waals surface area (Å²) in [5.74, 6) is -0.902. The van der Waals surface area contributed by atoms with Gasteiger partial charge in [0.1, 0.15) is 6.04 Å². The van der Waals surface area contributed by atoms with Crippen molar-refractivity contribution in [2.24, 2.45) is 0 Å². The summed E-state index contributed by atoms with van der Waals surface area (Å²) in [5.41, 5.74) is 0.856. The number of fused-ring (bicyclic) bond motifs is 1. The van der Waals surface area contributed by atoms with Gasteiger partial charge in [-0.3, -0.25) is 14.4 Å². The Bertz CT molecular complexity index is 815. The number of nitrogens with one attached hydrogen (secondary N) is 2. The highest BCUT2D eigenvalue weighted by molar-refractivity contribution is 8.01. The zero-order chi connectivity index (χ0) is 20.3. The number of anilines is 1. The smallest absolute Gasteiger partial charge is 0.330 e. The summed E-state index contributed by atoms with van der Waals surface area (Å²) in [7, 11) is 0. The number of carbonyl (C=O) groups excluding carboxylic acids is 4. The molecular formula is C19H23N3O5S. The molecule has 150 valence electrons. The lowest BCUT2D eigenvalue weighted by molar-refractivity contribution is -0.155. The number of rotatable bonds is 6. The van der Waals surface area contributed by atoms with Crippen LogP contribution in [0.25, 0.3) is 0 Å². The van der Waals surface area contributed by atoms with Gasteiger partial charge in [0, 0.05) is 30.0 Å². The Labute approximate surface area is 167 Å². The van der Waals surface area contributed by atoms with Crippen LogP contribution in [-0.4, -0.2) is 58.4 Å². The van der Waals surface area contributed by atoms with Crippen LogP contribution in [0.5, 0.6) is 0 Å². The van der Waals surface area contributed by atoms with Crippen molar-refractivity contribution in [1.82, 2.24) is 10.2 Å². The molecule has 3 amide bonds. The van der Waals surface area contributed by atoms with E-state index < -0.39 is 24.5 Å². The Balaban J connectivity index is 1.53. The number of benzene rings is 1. The van der Waals surface area contributed by atoms with Crippen LogP contribution in [0.15, 0.2) is 24.3 Å². The zero-order valence-electron chi connectivity index (χ0n) is 15.8. The van der Waals surface area contributed by atoms with Crippen LogP contribution in [0.1, 0.15) is 37.0 Å². The van der Waals surface area contributed by atoms with Gasteiger partial charge in [-0.15, -0.1) is 11.8 Å². The summed E-state index contributed by atoms with van der Waals surface area (Å²) in [6.07, 6.45) is 1.14. The minimum atomic E-state index is -0.654. The highest BCUT2D eigenvalue weighted by atomic mass is 32.2. The van der Waals surface area contributed by atoms with Crippen molar-refractivity contribution in [3.05, 3.63) is 29.8 Å². The van der Waals surface area contributed by atoms with Crippen LogP contribution in [0.3, 0.4) is 0 Å². The molecule has 0 bridgehead atoms. The van der Waals surface area contributed by atoms with Crippen LogP contribution in [0.2, 0.25) is 0 Å². The monoisotopic (exact) mass is 405 g/mol. The third kappa shape index (κ3) is 4.14. The highest BCUT2D eigenvalue weighted by Crippen LogP contribution is 2.47. The van der Waals surface area contributed by atoms with Crippen molar-refractivity contribution in [2.75, 3.05) is 24.2 Å². The van der Waals surface area contributed by atoms with Crippen molar-refractivity contribution >= 4 is 41.1 Å². The molecule has 2 saturated heterocycles. The molecule has 0 aliphatic carbocycles. The molecule has 0 unspecified atom stereocenters. The van der Waals surface area contributed by atoms with Crippen LogP contribution in [0.4, 0.5) is 5.69 Å². The molecule has 0 aromatic heterocycles. The molecule has 1 aromatic carbocycles. The van der Waals surface area contributed by atoms with Gasteiger partial charge in [-0.2, -0.15) is 0 Å². The van der Waals surface area contributed by atoms with E-state index in [1.807, 2.05) is 13.8 Å². The second-order valence-electron chi connectivity index (χ2n) is 6.86. The van der Waals surface area contributed by atoms with Crippen molar-refractivity contribution in [2.45, 2.75) is 37.6 Å². The van der Waals surface area contributed by atoms with Gasteiger partial charge in [-0.1, -0.05) is 6.07 Å². The lowest BCUT2D eigenvalue weighted by Gasteiger charge is -2.29. The summed E-state index contributed by atoms with van der Waals surface area (Å²) in [5, 5.41) is 5.29. The molecule has 0 saturated carbocycles. The molecule has 2 aliphatic heterocycles. The van der Waals surface area contributed by atoms with E-state index in [0.29, 0.717) is 36.4 Å². The second kappa shape index (κ2) is 8.22. The van der Waals surface area contributed by atoms with Crippen LogP contribution in [0, 0.1) is 0 Å². The zero-order valence-corrected chi connectivity index (χ0v) is 16.6. The van der Waals surface area contributed by atoms with Gasteiger partial charge in [0.2, 0.25) is 5.91 Å². The van der Waals surface area contributed by atoms with Crippen molar-refractivity contribution in [3.8, 4) is 0 Å². The van der Waals surface area contributed by atoms with E-state index in [2.05, 4.69) is 10.6 Å². The molecule has 28 heavy (non-hydrogen) atoms. The number of ether oxygens (including phenoxy) is 1. The molecule has 2 fully saturated rings. The molecule has 9 heteroatoms. The van der Waals surface area contributed by atoms with Crippen LogP contribution < -0.4 is 10.6 Å². The van der Waals surface area contributed by atoms with Crippen LogP contribution >= 0.6 is 11.8 Å². The molecule has 3 rings (SSSR count). The predicted molar refractivity (Wildman–Crippen MR) is 105 cm³/mol. The predicted octanol–water partition coefficient (Wildman–Crippen LogP) is 1.37. The van der Waals surface area contributed by atoms with Crippen molar-refractivity contribution < 1.29 is 23.9 Å². The number of esters is 1. The average molecular weight is 405 g/mol. The lowest BCUT2D eigenvalue weighted by Crippen LogP contribution is -2.47. The first kappa shape index (κ1) is 20.2. The number of hydrogen-bond acceptors (Lipinski definition) is 6. The third-order valence-electron chi connectivity index (χ3n) is 4.81. The van der Waals surface area contributed by atoms with E-state index in [1.165, 1.54) is 0 Å². The minimum Gasteiger partial charge on any atom is -0.454 e. The standard InChI is InChI=1S/C19H23N3O5S/c1-3-20-17(25)12-5-4-6-13(9-12)21-15(23)10-27-18(26)14-11-28-19(2)8-7-16(24)22(14)19/h4-6,9,14H,3,7-8,10-11H2,1-2H3,(H,20,25)(H,21,23)/t14-,19+/m1/s1. The Morgan fingerprint density at radius 1 is 1.36 bits per heavy atom. The molecule has 0 spiro atoms. The van der Waals surface area contributed by atoms with Gasteiger partial charge in [-0.25, -0.2) is 4.79 Å². The first-order valence-corrected chi connectivity index (χ1v) is 10.1. The molecule has 1 aromatic rings. The number of carbonyl (C=O) groups is 4. The maximum atomic E-state index is 12.4. The summed E-state index contributed by atoms with van der Waals surface area (Å²) in [6, 6.07) is 5.83. The second-order valence-corrected chi connectivity index (χ2v) is 8.36. The average Bonchev–Trinajstić information content (AvgIpc) is 3.16. The fourth-order valence-corrected chi connectivity index (χ4v) is 4.84. The summed E-state index contributed by atoms with van der Waals surface area (Å²) < 4.78 is 5.14. The van der Waals surface area contributed by atoms with Crippen LogP contribution in [-0.2, 0) is 19.1 Å². The van der Waals surface area contributed by atoms with Crippen molar-refractivity contribution in [1.29, 1.82) is 0 Å². The van der Waals surface area contributed by atoms with Gasteiger partial charge < -0.3 is 20.3 Å².